The van der Waals surface area contributed by atoms with Crippen molar-refractivity contribution >= 4 is 50.1 Å². The highest BCUT2D eigenvalue weighted by molar-refractivity contribution is 7.75. The van der Waals surface area contributed by atoms with Crippen LogP contribution in [0.4, 0.5) is 5.69 Å². The minimum Gasteiger partial charge on any atom is -0.339 e. The molecule has 0 N–H and O–H groups in total. The molecular formula is C22H33BCl3N. The highest BCUT2D eigenvalue weighted by Gasteiger charge is 2.61. The molecule has 1 fully saturated rings. The van der Waals surface area contributed by atoms with Gasteiger partial charge in [-0.15, -0.1) is 0 Å². The summed E-state index contributed by atoms with van der Waals surface area (Å²) in [4.78, 5) is 0. The molecule has 2 heterocycles. The molecule has 1 aliphatic carbocycles. The Morgan fingerprint density at radius 2 is 1.52 bits per heavy atom. The van der Waals surface area contributed by atoms with Gasteiger partial charge in [0.2, 0.25) is 5.69 Å². The minimum absolute atomic E-state index is 0.00713. The van der Waals surface area contributed by atoms with Crippen molar-refractivity contribution in [2.75, 3.05) is 0 Å². The average Bonchev–Trinajstić information content (AvgIpc) is 2.54. The van der Waals surface area contributed by atoms with Gasteiger partial charge in [0, 0.05) is 36.3 Å². The van der Waals surface area contributed by atoms with Crippen molar-refractivity contribution in [1.82, 2.24) is 0 Å². The van der Waals surface area contributed by atoms with Gasteiger partial charge in [-0.1, -0.05) is 59.7 Å². The summed E-state index contributed by atoms with van der Waals surface area (Å²) in [5.41, 5.74) is 4.97. The zero-order valence-corrected chi connectivity index (χ0v) is 20.0. The molecule has 1 aromatic carbocycles. The van der Waals surface area contributed by atoms with Crippen molar-refractivity contribution in [1.29, 1.82) is 0 Å². The van der Waals surface area contributed by atoms with Crippen molar-refractivity contribution in [2.24, 2.45) is 11.3 Å². The van der Waals surface area contributed by atoms with Crippen molar-refractivity contribution in [2.45, 2.75) is 85.1 Å². The van der Waals surface area contributed by atoms with E-state index in [4.69, 9.17) is 34.4 Å². The minimum atomic E-state index is -2.16. The number of rotatable bonds is 4. The summed E-state index contributed by atoms with van der Waals surface area (Å²) >= 11 is 20.2. The molecular weight excluding hydrogens is 395 g/mol. The third-order valence-electron chi connectivity index (χ3n) is 7.26. The van der Waals surface area contributed by atoms with Crippen LogP contribution < -0.4 is 0 Å². The van der Waals surface area contributed by atoms with E-state index in [9.17, 15) is 0 Å². The third kappa shape index (κ3) is 3.38. The van der Waals surface area contributed by atoms with Crippen LogP contribution in [0.2, 0.25) is 0 Å². The predicted octanol–water partition coefficient (Wildman–Crippen LogP) is 7.81. The predicted molar refractivity (Wildman–Crippen MR) is 122 cm³/mol. The first-order chi connectivity index (χ1) is 12.3. The molecule has 3 atom stereocenters. The van der Waals surface area contributed by atoms with E-state index in [2.05, 4.69) is 71.2 Å². The second-order valence-electron chi connectivity index (χ2n) is 9.91. The standard InChI is InChI=1S/C22H33BCl3N/c1-14(2)17-9-8-10-18(15(3)4)19(17)27-20(23(24,25)26)22(7)12-11-21(27,6)13-16(22)5/h8-10,14-16H,11-13H2,1-7H3/t16-,21-,22+/m1/s1. The zero-order valence-electron chi connectivity index (χ0n) is 17.7. The smallest absolute Gasteiger partial charge is 0.334 e. The topological polar surface area (TPSA) is 3.01 Å². The molecule has 5 heteroatoms. The van der Waals surface area contributed by atoms with Gasteiger partial charge in [0.15, 0.2) is 5.54 Å². The Bertz CT molecular complexity index is 754. The molecule has 0 unspecified atom stereocenters. The van der Waals surface area contributed by atoms with Crippen LogP contribution in [0.15, 0.2) is 18.2 Å². The third-order valence-corrected chi connectivity index (χ3v) is 7.88. The van der Waals surface area contributed by atoms with Crippen molar-refractivity contribution in [3.05, 3.63) is 29.3 Å². The van der Waals surface area contributed by atoms with Gasteiger partial charge < -0.3 is 34.4 Å². The number of para-hydroxylation sites is 1. The van der Waals surface area contributed by atoms with Gasteiger partial charge in [0.1, 0.15) is 0 Å². The molecule has 1 aromatic rings. The molecule has 4 rings (SSSR count). The van der Waals surface area contributed by atoms with E-state index in [1.54, 1.807) is 0 Å². The molecule has 0 saturated heterocycles. The Kier molecular flexibility index (Phi) is 5.55. The molecule has 2 bridgehead atoms. The maximum atomic E-state index is 6.75. The van der Waals surface area contributed by atoms with Crippen LogP contribution in [-0.4, -0.2) is 20.1 Å². The Hall–Kier alpha value is -0.175. The summed E-state index contributed by atoms with van der Waals surface area (Å²) in [5.74, 6) is 1.34. The fraction of sp³-hybridized carbons (Fsp3) is 0.682. The fourth-order valence-electron chi connectivity index (χ4n) is 5.57. The zero-order chi connectivity index (χ0) is 20.4. The summed E-state index contributed by atoms with van der Waals surface area (Å²) in [7, 11) is 0. The number of halogens is 3. The van der Waals surface area contributed by atoms with Crippen molar-refractivity contribution < 1.29 is 4.58 Å². The molecule has 150 valence electrons. The van der Waals surface area contributed by atoms with Crippen LogP contribution in [0.25, 0.3) is 0 Å². The Morgan fingerprint density at radius 1 is 1.00 bits per heavy atom. The lowest BCUT2D eigenvalue weighted by Crippen LogP contribution is -2.64. The fourth-order valence-corrected chi connectivity index (χ4v) is 6.61. The van der Waals surface area contributed by atoms with Gasteiger partial charge in [-0.25, -0.2) is 4.58 Å². The van der Waals surface area contributed by atoms with Crippen LogP contribution >= 0.6 is 34.4 Å². The second kappa shape index (κ2) is 6.96. The highest BCUT2D eigenvalue weighted by Crippen LogP contribution is 2.57. The number of hydrogen-bond acceptors (Lipinski definition) is 0. The first-order valence-corrected chi connectivity index (χ1v) is 11.6. The number of fused-ring (bicyclic) bond motifs is 2. The van der Waals surface area contributed by atoms with Gasteiger partial charge >= 0.3 is 4.39 Å². The molecule has 1 saturated carbocycles. The van der Waals surface area contributed by atoms with Crippen LogP contribution in [0.3, 0.4) is 0 Å². The Labute approximate surface area is 180 Å². The van der Waals surface area contributed by atoms with E-state index in [1.165, 1.54) is 16.8 Å². The SMILES string of the molecule is CC(C)c1cccc(C(C)C)c1[N+]1=C([B-](Cl)(Cl)Cl)[C@@]2(C)CC[C@]1(C)C[C@H]2C. The normalized spacial score (nSPS) is 31.3. The van der Waals surface area contributed by atoms with E-state index in [0.29, 0.717) is 17.8 Å². The maximum Gasteiger partial charge on any atom is 0.334 e. The Morgan fingerprint density at radius 3 is 1.93 bits per heavy atom. The van der Waals surface area contributed by atoms with Gasteiger partial charge in [0.05, 0.1) is 5.61 Å². The average molecular weight is 429 g/mol. The molecule has 3 aliphatic rings. The van der Waals surface area contributed by atoms with Crippen molar-refractivity contribution in [3.8, 4) is 0 Å². The number of hydrogen-bond donors (Lipinski definition) is 0. The van der Waals surface area contributed by atoms with Crippen LogP contribution in [0.5, 0.6) is 0 Å². The maximum absolute atomic E-state index is 6.75. The number of benzene rings is 1. The lowest BCUT2D eigenvalue weighted by atomic mass is 9.52. The van der Waals surface area contributed by atoms with E-state index in [1.807, 2.05) is 0 Å². The van der Waals surface area contributed by atoms with Crippen LogP contribution in [0, 0.1) is 11.3 Å². The summed E-state index contributed by atoms with van der Waals surface area (Å²) in [6.07, 6.45) is 3.36. The van der Waals surface area contributed by atoms with Crippen LogP contribution in [-0.2, 0) is 0 Å². The molecule has 0 spiro atoms. The largest absolute Gasteiger partial charge is 0.339 e. The molecule has 0 aromatic heterocycles. The van der Waals surface area contributed by atoms with Gasteiger partial charge in [-0.2, -0.15) is 0 Å². The summed E-state index contributed by atoms with van der Waals surface area (Å²) in [6.45, 7) is 16.1. The highest BCUT2D eigenvalue weighted by atomic mass is 35.6. The Balaban J connectivity index is 2.48. The molecule has 1 nitrogen and oxygen atoms in total. The van der Waals surface area contributed by atoms with E-state index in [-0.39, 0.29) is 11.0 Å². The quantitative estimate of drug-likeness (QED) is 0.340. The van der Waals surface area contributed by atoms with Crippen molar-refractivity contribution in [3.63, 3.8) is 0 Å². The first-order valence-electron chi connectivity index (χ1n) is 10.3. The second-order valence-corrected chi connectivity index (χ2v) is 12.5. The van der Waals surface area contributed by atoms with Gasteiger partial charge in [-0.05, 0) is 24.2 Å². The van der Waals surface area contributed by atoms with Gasteiger partial charge in [0.25, 0.3) is 0 Å². The number of nitrogens with zero attached hydrogens (tertiary/aromatic N) is 1. The summed E-state index contributed by atoms with van der Waals surface area (Å²) < 4.78 is 0.334. The lowest BCUT2D eigenvalue weighted by molar-refractivity contribution is -0.555. The van der Waals surface area contributed by atoms with Crippen LogP contribution in [0.1, 0.15) is 90.7 Å². The summed E-state index contributed by atoms with van der Waals surface area (Å²) in [5, 5.41) is 0. The lowest BCUT2D eigenvalue weighted by Gasteiger charge is -2.56. The molecule has 0 amide bonds. The monoisotopic (exact) mass is 427 g/mol. The molecule has 2 aliphatic heterocycles. The van der Waals surface area contributed by atoms with E-state index >= 15 is 0 Å². The van der Waals surface area contributed by atoms with E-state index < -0.39 is 4.39 Å². The first kappa shape index (κ1) is 21.5. The summed E-state index contributed by atoms with van der Waals surface area (Å²) in [6, 6.07) is 6.70. The molecule has 27 heavy (non-hydrogen) atoms. The molecule has 0 radical (unpaired) electrons. The van der Waals surface area contributed by atoms with E-state index in [0.717, 1.165) is 24.9 Å². The van der Waals surface area contributed by atoms with Gasteiger partial charge in [-0.3, -0.25) is 0 Å².